The zero-order chi connectivity index (χ0) is 10.8. The van der Waals surface area contributed by atoms with Crippen LogP contribution in [-0.4, -0.2) is 9.97 Å². The van der Waals surface area contributed by atoms with Crippen LogP contribution in [0.15, 0.2) is 35.2 Å². The van der Waals surface area contributed by atoms with Crippen molar-refractivity contribution in [2.75, 3.05) is 0 Å². The van der Waals surface area contributed by atoms with Gasteiger partial charge in [0.25, 0.3) is 0 Å². The molecule has 2 aromatic rings. The largest absolute Gasteiger partial charge is 0.252 e. The minimum atomic E-state index is 0.759. The zero-order valence-electron chi connectivity index (χ0n) is 8.66. The first kappa shape index (κ1) is 10.3. The highest BCUT2D eigenvalue weighted by molar-refractivity contribution is 9.10. The first-order chi connectivity index (χ1) is 7.16. The van der Waals surface area contributed by atoms with Crippen molar-refractivity contribution in [1.82, 2.24) is 9.97 Å². The Morgan fingerprint density at radius 3 is 2.40 bits per heavy atom. The number of nitrogens with zero attached hydrogens (tertiary/aromatic N) is 2. The molecule has 0 aliphatic carbocycles. The highest BCUT2D eigenvalue weighted by Crippen LogP contribution is 2.20. The maximum Gasteiger partial charge on any atom is 0.124 e. The van der Waals surface area contributed by atoms with Gasteiger partial charge in [-0.25, -0.2) is 4.98 Å². The lowest BCUT2D eigenvalue weighted by Gasteiger charge is -2.04. The second kappa shape index (κ2) is 4.11. The molecular formula is C12H11BrN2. The Morgan fingerprint density at radius 2 is 1.80 bits per heavy atom. The first-order valence-corrected chi connectivity index (χ1v) is 5.51. The highest BCUT2D eigenvalue weighted by Gasteiger charge is 2.01. The molecule has 0 radical (unpaired) electrons. The van der Waals surface area contributed by atoms with Gasteiger partial charge in [0.1, 0.15) is 4.60 Å². The topological polar surface area (TPSA) is 25.8 Å². The van der Waals surface area contributed by atoms with Crippen molar-refractivity contribution in [3.63, 3.8) is 0 Å². The Labute approximate surface area is 97.5 Å². The molecule has 76 valence electrons. The van der Waals surface area contributed by atoms with Crippen molar-refractivity contribution in [2.45, 2.75) is 13.8 Å². The van der Waals surface area contributed by atoms with Crippen LogP contribution in [0.1, 0.15) is 11.1 Å². The van der Waals surface area contributed by atoms with Crippen LogP contribution in [0.5, 0.6) is 0 Å². The average Bonchev–Trinajstić information content (AvgIpc) is 2.23. The molecule has 1 aromatic heterocycles. The molecular weight excluding hydrogens is 252 g/mol. The van der Waals surface area contributed by atoms with Crippen LogP contribution in [0.2, 0.25) is 0 Å². The van der Waals surface area contributed by atoms with Gasteiger partial charge in [-0.1, -0.05) is 12.1 Å². The van der Waals surface area contributed by atoms with Gasteiger partial charge in [-0.2, -0.15) is 0 Å². The molecule has 2 nitrogen and oxygen atoms in total. The molecule has 0 spiro atoms. The summed E-state index contributed by atoms with van der Waals surface area (Å²) < 4.78 is 0.759. The Hall–Kier alpha value is -1.22. The van der Waals surface area contributed by atoms with Crippen LogP contribution >= 0.6 is 15.9 Å². The molecule has 0 N–H and O–H groups in total. The van der Waals surface area contributed by atoms with Gasteiger partial charge >= 0.3 is 0 Å². The van der Waals surface area contributed by atoms with Crippen molar-refractivity contribution in [2.24, 2.45) is 0 Å². The molecule has 15 heavy (non-hydrogen) atoms. The van der Waals surface area contributed by atoms with Crippen molar-refractivity contribution in [3.05, 3.63) is 46.3 Å². The summed E-state index contributed by atoms with van der Waals surface area (Å²) in [6, 6.07) is 6.31. The monoisotopic (exact) mass is 262 g/mol. The van der Waals surface area contributed by atoms with Gasteiger partial charge in [-0.3, -0.25) is 4.98 Å². The van der Waals surface area contributed by atoms with E-state index in [0.717, 1.165) is 15.9 Å². The lowest BCUT2D eigenvalue weighted by Crippen LogP contribution is -1.88. The van der Waals surface area contributed by atoms with Crippen molar-refractivity contribution in [3.8, 4) is 11.3 Å². The van der Waals surface area contributed by atoms with Crippen LogP contribution < -0.4 is 0 Å². The fourth-order valence-corrected chi connectivity index (χ4v) is 1.57. The zero-order valence-corrected chi connectivity index (χ0v) is 10.2. The number of halogens is 1. The molecule has 0 aliphatic rings. The van der Waals surface area contributed by atoms with E-state index in [1.807, 2.05) is 0 Å². The molecule has 0 amide bonds. The van der Waals surface area contributed by atoms with E-state index in [9.17, 15) is 0 Å². The summed E-state index contributed by atoms with van der Waals surface area (Å²) in [5, 5.41) is 0. The lowest BCUT2D eigenvalue weighted by atomic mass is 10.0. The quantitative estimate of drug-likeness (QED) is 0.786. The third kappa shape index (κ3) is 2.23. The van der Waals surface area contributed by atoms with Crippen LogP contribution in [0, 0.1) is 13.8 Å². The van der Waals surface area contributed by atoms with Crippen molar-refractivity contribution >= 4 is 15.9 Å². The number of hydrogen-bond acceptors (Lipinski definition) is 2. The first-order valence-electron chi connectivity index (χ1n) is 4.72. The van der Waals surface area contributed by atoms with Gasteiger partial charge < -0.3 is 0 Å². The maximum atomic E-state index is 4.31. The molecule has 0 atom stereocenters. The molecule has 0 unspecified atom stereocenters. The number of hydrogen-bond donors (Lipinski definition) is 0. The summed E-state index contributed by atoms with van der Waals surface area (Å²) in [6.45, 7) is 4.21. The second-order valence-corrected chi connectivity index (χ2v) is 4.34. The molecule has 0 fully saturated rings. The SMILES string of the molecule is Cc1ccc(-c2cnc(Br)cn2)cc1C. The van der Waals surface area contributed by atoms with Crippen LogP contribution in [-0.2, 0) is 0 Å². The predicted molar refractivity (Wildman–Crippen MR) is 64.6 cm³/mol. The summed E-state index contributed by atoms with van der Waals surface area (Å²) >= 11 is 3.27. The van der Waals surface area contributed by atoms with E-state index in [0.29, 0.717) is 0 Å². The smallest absolute Gasteiger partial charge is 0.124 e. The van der Waals surface area contributed by atoms with Gasteiger partial charge in [0.2, 0.25) is 0 Å². The van der Waals surface area contributed by atoms with Gasteiger partial charge in [-0.05, 0) is 47.0 Å². The fraction of sp³-hybridized carbons (Fsp3) is 0.167. The standard InChI is InChI=1S/C12H11BrN2/c1-8-3-4-10(5-9(8)2)11-6-15-12(13)7-14-11/h3-7H,1-2H3. The summed E-state index contributed by atoms with van der Waals surface area (Å²) in [5.74, 6) is 0. The second-order valence-electron chi connectivity index (χ2n) is 3.52. The summed E-state index contributed by atoms with van der Waals surface area (Å²) in [4.78, 5) is 8.47. The molecule has 0 saturated heterocycles. The Kier molecular flexibility index (Phi) is 2.82. The Morgan fingerprint density at radius 1 is 1.00 bits per heavy atom. The third-order valence-electron chi connectivity index (χ3n) is 2.42. The van der Waals surface area contributed by atoms with E-state index in [-0.39, 0.29) is 0 Å². The van der Waals surface area contributed by atoms with Gasteiger partial charge in [0.15, 0.2) is 0 Å². The molecule has 2 rings (SSSR count). The van der Waals surface area contributed by atoms with E-state index < -0.39 is 0 Å². The number of rotatable bonds is 1. The molecule has 1 aromatic carbocycles. The minimum Gasteiger partial charge on any atom is -0.252 e. The number of aryl methyl sites for hydroxylation is 2. The highest BCUT2D eigenvalue weighted by atomic mass is 79.9. The van der Waals surface area contributed by atoms with E-state index in [4.69, 9.17) is 0 Å². The third-order valence-corrected chi connectivity index (χ3v) is 2.83. The van der Waals surface area contributed by atoms with E-state index in [2.05, 4.69) is 57.9 Å². The van der Waals surface area contributed by atoms with Gasteiger partial charge in [0.05, 0.1) is 18.1 Å². The van der Waals surface area contributed by atoms with Crippen LogP contribution in [0.4, 0.5) is 0 Å². The van der Waals surface area contributed by atoms with E-state index in [1.54, 1.807) is 12.4 Å². The molecule has 0 saturated carbocycles. The van der Waals surface area contributed by atoms with Crippen molar-refractivity contribution in [1.29, 1.82) is 0 Å². The predicted octanol–water partition coefficient (Wildman–Crippen LogP) is 3.52. The van der Waals surface area contributed by atoms with Gasteiger partial charge in [0, 0.05) is 5.56 Å². The molecule has 3 heteroatoms. The molecule has 1 heterocycles. The molecule has 0 bridgehead atoms. The number of benzene rings is 1. The Bertz CT molecular complexity index is 477. The lowest BCUT2D eigenvalue weighted by molar-refractivity contribution is 1.17. The maximum absolute atomic E-state index is 4.31. The summed E-state index contributed by atoms with van der Waals surface area (Å²) in [6.07, 6.45) is 3.48. The van der Waals surface area contributed by atoms with E-state index in [1.165, 1.54) is 11.1 Å². The average molecular weight is 263 g/mol. The van der Waals surface area contributed by atoms with Crippen LogP contribution in [0.3, 0.4) is 0 Å². The van der Waals surface area contributed by atoms with Gasteiger partial charge in [-0.15, -0.1) is 0 Å². The molecule has 0 aliphatic heterocycles. The van der Waals surface area contributed by atoms with E-state index >= 15 is 0 Å². The summed E-state index contributed by atoms with van der Waals surface area (Å²) in [5.41, 5.74) is 4.58. The fourth-order valence-electron chi connectivity index (χ4n) is 1.36. The Balaban J connectivity index is 2.45. The number of aromatic nitrogens is 2. The summed E-state index contributed by atoms with van der Waals surface area (Å²) in [7, 11) is 0. The normalized spacial score (nSPS) is 10.3. The van der Waals surface area contributed by atoms with Crippen molar-refractivity contribution < 1.29 is 0 Å². The minimum absolute atomic E-state index is 0.759. The van der Waals surface area contributed by atoms with Crippen LogP contribution in [0.25, 0.3) is 11.3 Å².